The van der Waals surface area contributed by atoms with Gasteiger partial charge in [-0.25, -0.2) is 0 Å². The van der Waals surface area contributed by atoms with Crippen LogP contribution in [0.4, 0.5) is 0 Å². The second-order valence-electron chi connectivity index (χ2n) is 4.91. The molecule has 0 aliphatic rings. The lowest BCUT2D eigenvalue weighted by Crippen LogP contribution is -2.29. The monoisotopic (exact) mass is 294 g/mol. The number of fused-ring (bicyclic) bond motifs is 1. The van der Waals surface area contributed by atoms with E-state index in [4.69, 9.17) is 10.0 Å². The third-order valence-corrected chi connectivity index (χ3v) is 4.47. The average molecular weight is 294 g/mol. The molecule has 0 aliphatic heterocycles. The second-order valence-corrected chi connectivity index (χ2v) is 5.96. The molecule has 0 radical (unpaired) electrons. The number of hydrogen-bond acceptors (Lipinski definition) is 3. The molecule has 0 atom stereocenters. The SMILES string of the molecule is OB(O)c1ccc(CSc2ccc3ccccc3c2)cc1. The van der Waals surface area contributed by atoms with E-state index in [1.54, 1.807) is 23.9 Å². The fourth-order valence-corrected chi connectivity index (χ4v) is 3.11. The Labute approximate surface area is 128 Å². The standard InChI is InChI=1S/C17H15BO2S/c19-18(20)16-8-5-13(6-9-16)12-21-17-10-7-14-3-1-2-4-15(14)11-17/h1-11,19-20H,12H2. The van der Waals surface area contributed by atoms with Gasteiger partial charge in [0.2, 0.25) is 0 Å². The summed E-state index contributed by atoms with van der Waals surface area (Å²) in [5, 5.41) is 20.7. The number of hydrogen-bond donors (Lipinski definition) is 2. The number of benzene rings is 3. The Morgan fingerprint density at radius 3 is 2.24 bits per heavy atom. The Kier molecular flexibility index (Phi) is 4.30. The zero-order valence-corrected chi connectivity index (χ0v) is 12.3. The molecule has 0 fully saturated rings. The van der Waals surface area contributed by atoms with E-state index < -0.39 is 7.12 Å². The summed E-state index contributed by atoms with van der Waals surface area (Å²) in [4.78, 5) is 1.24. The summed E-state index contributed by atoms with van der Waals surface area (Å²) < 4.78 is 0. The van der Waals surface area contributed by atoms with Gasteiger partial charge in [-0.05, 0) is 33.9 Å². The highest BCUT2D eigenvalue weighted by molar-refractivity contribution is 7.98. The highest BCUT2D eigenvalue weighted by Crippen LogP contribution is 2.26. The Balaban J connectivity index is 1.71. The first-order chi connectivity index (χ1) is 10.2. The van der Waals surface area contributed by atoms with Crippen LogP contribution in [0.2, 0.25) is 0 Å². The van der Waals surface area contributed by atoms with E-state index in [2.05, 4.69) is 36.4 Å². The molecule has 4 heteroatoms. The van der Waals surface area contributed by atoms with E-state index in [1.807, 2.05) is 18.2 Å². The second kappa shape index (κ2) is 6.35. The minimum absolute atomic E-state index is 0.523. The molecule has 0 unspecified atom stereocenters. The van der Waals surface area contributed by atoms with Crippen molar-refractivity contribution in [2.24, 2.45) is 0 Å². The van der Waals surface area contributed by atoms with Gasteiger partial charge < -0.3 is 10.0 Å². The molecule has 0 saturated heterocycles. The molecule has 2 nitrogen and oxygen atoms in total. The van der Waals surface area contributed by atoms with Crippen LogP contribution in [-0.4, -0.2) is 17.2 Å². The topological polar surface area (TPSA) is 40.5 Å². The van der Waals surface area contributed by atoms with E-state index >= 15 is 0 Å². The summed E-state index contributed by atoms with van der Waals surface area (Å²) in [6.07, 6.45) is 0. The van der Waals surface area contributed by atoms with Crippen molar-refractivity contribution in [1.29, 1.82) is 0 Å². The zero-order chi connectivity index (χ0) is 14.7. The van der Waals surface area contributed by atoms with Gasteiger partial charge in [-0.1, -0.05) is 54.6 Å². The van der Waals surface area contributed by atoms with Crippen molar-refractivity contribution in [2.75, 3.05) is 0 Å². The Morgan fingerprint density at radius 2 is 1.52 bits per heavy atom. The molecule has 3 aromatic carbocycles. The predicted molar refractivity (Wildman–Crippen MR) is 89.8 cm³/mol. The minimum Gasteiger partial charge on any atom is -0.423 e. The maximum Gasteiger partial charge on any atom is 0.488 e. The van der Waals surface area contributed by atoms with Crippen LogP contribution in [0, 0.1) is 0 Å². The van der Waals surface area contributed by atoms with Gasteiger partial charge in [-0.15, -0.1) is 11.8 Å². The summed E-state index contributed by atoms with van der Waals surface area (Å²) in [5.74, 6) is 0.861. The smallest absolute Gasteiger partial charge is 0.423 e. The molecular weight excluding hydrogens is 279 g/mol. The molecular formula is C17H15BO2S. The summed E-state index contributed by atoms with van der Waals surface area (Å²) in [5.41, 5.74) is 1.69. The molecule has 3 rings (SSSR count). The van der Waals surface area contributed by atoms with Crippen LogP contribution in [0.5, 0.6) is 0 Å². The van der Waals surface area contributed by atoms with Gasteiger partial charge >= 0.3 is 7.12 Å². The van der Waals surface area contributed by atoms with Crippen LogP contribution in [0.3, 0.4) is 0 Å². The normalized spacial score (nSPS) is 10.8. The fraction of sp³-hybridized carbons (Fsp3) is 0.0588. The zero-order valence-electron chi connectivity index (χ0n) is 11.4. The Bertz CT molecular complexity index is 741. The van der Waals surface area contributed by atoms with Crippen molar-refractivity contribution < 1.29 is 10.0 Å². The molecule has 0 aromatic heterocycles. The van der Waals surface area contributed by atoms with E-state index in [-0.39, 0.29) is 0 Å². The van der Waals surface area contributed by atoms with Gasteiger partial charge in [0.15, 0.2) is 0 Å². The average Bonchev–Trinajstić information content (AvgIpc) is 2.53. The lowest BCUT2D eigenvalue weighted by molar-refractivity contribution is 0.426. The van der Waals surface area contributed by atoms with Gasteiger partial charge in [-0.3, -0.25) is 0 Å². The maximum absolute atomic E-state index is 9.07. The van der Waals surface area contributed by atoms with Gasteiger partial charge in [0.25, 0.3) is 0 Å². The first kappa shape index (κ1) is 14.2. The predicted octanol–water partition coefficient (Wildman–Crippen LogP) is 2.81. The van der Waals surface area contributed by atoms with Gasteiger partial charge in [0.05, 0.1) is 0 Å². The Morgan fingerprint density at radius 1 is 0.810 bits per heavy atom. The molecule has 0 spiro atoms. The summed E-state index contributed by atoms with van der Waals surface area (Å²) in [7, 11) is -1.40. The van der Waals surface area contributed by atoms with Crippen LogP contribution < -0.4 is 5.46 Å². The van der Waals surface area contributed by atoms with Crippen LogP contribution in [0.1, 0.15) is 5.56 Å². The lowest BCUT2D eigenvalue weighted by Gasteiger charge is -2.05. The maximum atomic E-state index is 9.07. The minimum atomic E-state index is -1.40. The van der Waals surface area contributed by atoms with Crippen LogP contribution in [0.25, 0.3) is 10.8 Å². The number of thioether (sulfide) groups is 1. The first-order valence-corrected chi connectivity index (χ1v) is 7.77. The highest BCUT2D eigenvalue weighted by atomic mass is 32.2. The van der Waals surface area contributed by atoms with Gasteiger partial charge in [0, 0.05) is 10.6 Å². The first-order valence-electron chi connectivity index (χ1n) is 6.79. The van der Waals surface area contributed by atoms with Gasteiger partial charge in [-0.2, -0.15) is 0 Å². The fourth-order valence-electron chi connectivity index (χ4n) is 2.21. The summed E-state index contributed by atoms with van der Waals surface area (Å²) in [6.45, 7) is 0. The molecule has 3 aromatic rings. The van der Waals surface area contributed by atoms with Crippen molar-refractivity contribution in [3.8, 4) is 0 Å². The lowest BCUT2D eigenvalue weighted by atomic mass is 9.80. The van der Waals surface area contributed by atoms with Crippen molar-refractivity contribution in [1.82, 2.24) is 0 Å². The quantitative estimate of drug-likeness (QED) is 0.574. The summed E-state index contributed by atoms with van der Waals surface area (Å²) in [6, 6.07) is 22.2. The van der Waals surface area contributed by atoms with Crippen molar-refractivity contribution in [2.45, 2.75) is 10.6 Å². The van der Waals surface area contributed by atoms with E-state index in [1.165, 1.54) is 15.7 Å². The number of rotatable bonds is 4. The third-order valence-electron chi connectivity index (χ3n) is 3.40. The van der Waals surface area contributed by atoms with Crippen LogP contribution in [0.15, 0.2) is 71.6 Å². The summed E-state index contributed by atoms with van der Waals surface area (Å²) >= 11 is 1.78. The molecule has 0 saturated carbocycles. The van der Waals surface area contributed by atoms with Crippen LogP contribution in [-0.2, 0) is 5.75 Å². The van der Waals surface area contributed by atoms with E-state index in [0.29, 0.717) is 5.46 Å². The largest absolute Gasteiger partial charge is 0.488 e. The molecule has 0 amide bonds. The molecule has 0 heterocycles. The molecule has 0 bridgehead atoms. The van der Waals surface area contributed by atoms with Crippen LogP contribution >= 0.6 is 11.8 Å². The molecule has 21 heavy (non-hydrogen) atoms. The van der Waals surface area contributed by atoms with Crippen molar-refractivity contribution in [3.63, 3.8) is 0 Å². The van der Waals surface area contributed by atoms with Crippen molar-refractivity contribution in [3.05, 3.63) is 72.3 Å². The van der Waals surface area contributed by atoms with E-state index in [0.717, 1.165) is 11.3 Å². The van der Waals surface area contributed by atoms with E-state index in [9.17, 15) is 0 Å². The highest BCUT2D eigenvalue weighted by Gasteiger charge is 2.09. The molecule has 0 aliphatic carbocycles. The molecule has 104 valence electrons. The molecule has 2 N–H and O–H groups in total. The van der Waals surface area contributed by atoms with Crippen molar-refractivity contribution >= 4 is 35.1 Å². The Hall–Kier alpha value is -1.75. The van der Waals surface area contributed by atoms with Gasteiger partial charge in [0.1, 0.15) is 0 Å². The third kappa shape index (κ3) is 3.48.